The molecule has 3 rings (SSSR count). The molecule has 152 valence electrons. The van der Waals surface area contributed by atoms with Crippen LogP contribution >= 0.6 is 11.6 Å². The van der Waals surface area contributed by atoms with Crippen molar-refractivity contribution >= 4 is 27.4 Å². The minimum atomic E-state index is -4.64. The van der Waals surface area contributed by atoms with Gasteiger partial charge in [0.25, 0.3) is 10.0 Å². The molecule has 0 bridgehead atoms. The maximum absolute atomic E-state index is 12.7. The third kappa shape index (κ3) is 4.57. The van der Waals surface area contributed by atoms with Gasteiger partial charge in [-0.15, -0.1) is 0 Å². The van der Waals surface area contributed by atoms with E-state index in [1.807, 2.05) is 0 Å². The highest BCUT2D eigenvalue weighted by Crippen LogP contribution is 2.31. The summed E-state index contributed by atoms with van der Waals surface area (Å²) in [4.78, 5) is 19.4. The topological polar surface area (TPSA) is 94.0 Å². The van der Waals surface area contributed by atoms with E-state index in [2.05, 4.69) is 14.7 Å². The number of sulfonamides is 1. The van der Waals surface area contributed by atoms with Crippen molar-refractivity contribution in [2.75, 3.05) is 4.72 Å². The van der Waals surface area contributed by atoms with E-state index in [4.69, 9.17) is 11.6 Å². The normalized spacial score (nSPS) is 12.0. The summed E-state index contributed by atoms with van der Waals surface area (Å²) in [6, 6.07) is 7.79. The molecule has 0 unspecified atom stereocenters. The van der Waals surface area contributed by atoms with Gasteiger partial charge in [0.1, 0.15) is 5.82 Å². The third-order valence-corrected chi connectivity index (χ3v) is 5.40. The van der Waals surface area contributed by atoms with Crippen molar-refractivity contribution in [3.05, 3.63) is 75.4 Å². The molecule has 2 aromatic heterocycles. The van der Waals surface area contributed by atoms with E-state index in [0.717, 1.165) is 22.4 Å². The van der Waals surface area contributed by atoms with Gasteiger partial charge >= 0.3 is 11.9 Å². The SMILES string of the molecule is Cc1ccc(S(=O)(=O)Nc2ccn(-c3ncc(C(F)(F)F)cc3Cl)c(=O)n2)cc1. The number of alkyl halides is 3. The van der Waals surface area contributed by atoms with E-state index < -0.39 is 32.5 Å². The molecule has 0 saturated carbocycles. The molecular formula is C17H12ClF3N4O3S. The molecule has 0 radical (unpaired) electrons. The van der Waals surface area contributed by atoms with Crippen LogP contribution in [0.5, 0.6) is 0 Å². The van der Waals surface area contributed by atoms with Gasteiger partial charge < -0.3 is 0 Å². The largest absolute Gasteiger partial charge is 0.417 e. The van der Waals surface area contributed by atoms with Crippen molar-refractivity contribution in [3.63, 3.8) is 0 Å². The Hall–Kier alpha value is -2.92. The average molecular weight is 445 g/mol. The standard InChI is InChI=1S/C17H12ClF3N4O3S/c1-10-2-4-12(5-3-10)29(27,28)24-14-6-7-25(16(26)23-14)15-13(18)8-11(9-22-15)17(19,20)21/h2-9H,1H3,(H,23,24,26). The van der Waals surface area contributed by atoms with Crippen LogP contribution in [0.1, 0.15) is 11.1 Å². The van der Waals surface area contributed by atoms with Crippen molar-refractivity contribution in [2.45, 2.75) is 18.0 Å². The lowest BCUT2D eigenvalue weighted by molar-refractivity contribution is -0.137. The average Bonchev–Trinajstić information content (AvgIpc) is 2.61. The number of halogens is 4. The van der Waals surface area contributed by atoms with Crippen LogP contribution < -0.4 is 10.4 Å². The van der Waals surface area contributed by atoms with Crippen LogP contribution in [0.2, 0.25) is 5.02 Å². The Balaban J connectivity index is 1.91. The molecule has 12 heteroatoms. The molecule has 0 aliphatic heterocycles. The van der Waals surface area contributed by atoms with Crippen LogP contribution in [-0.4, -0.2) is 23.0 Å². The lowest BCUT2D eigenvalue weighted by Crippen LogP contribution is -2.24. The van der Waals surface area contributed by atoms with Gasteiger partial charge in [-0.1, -0.05) is 29.3 Å². The van der Waals surface area contributed by atoms with E-state index in [9.17, 15) is 26.4 Å². The molecule has 0 fully saturated rings. The van der Waals surface area contributed by atoms with E-state index in [1.165, 1.54) is 12.1 Å². The predicted molar refractivity (Wildman–Crippen MR) is 99.6 cm³/mol. The number of hydrogen-bond acceptors (Lipinski definition) is 5. The zero-order valence-corrected chi connectivity index (χ0v) is 16.2. The van der Waals surface area contributed by atoms with Crippen molar-refractivity contribution in [3.8, 4) is 5.82 Å². The summed E-state index contributed by atoms with van der Waals surface area (Å²) in [7, 11) is -3.98. The van der Waals surface area contributed by atoms with E-state index in [0.29, 0.717) is 12.3 Å². The zero-order valence-electron chi connectivity index (χ0n) is 14.6. The Morgan fingerprint density at radius 2 is 1.79 bits per heavy atom. The maximum Gasteiger partial charge on any atom is 0.417 e. The summed E-state index contributed by atoms with van der Waals surface area (Å²) in [6.07, 6.45) is -3.01. The first kappa shape index (κ1) is 20.8. The fraction of sp³-hybridized carbons (Fsp3) is 0.118. The van der Waals surface area contributed by atoms with Crippen molar-refractivity contribution < 1.29 is 21.6 Å². The lowest BCUT2D eigenvalue weighted by atomic mass is 10.2. The summed E-state index contributed by atoms with van der Waals surface area (Å²) >= 11 is 5.82. The third-order valence-electron chi connectivity index (χ3n) is 3.75. The molecule has 0 aliphatic rings. The number of benzene rings is 1. The molecule has 2 heterocycles. The Labute approximate surface area is 167 Å². The van der Waals surface area contributed by atoms with Gasteiger partial charge in [0, 0.05) is 12.4 Å². The van der Waals surface area contributed by atoms with Gasteiger partial charge in [-0.25, -0.2) is 18.2 Å². The van der Waals surface area contributed by atoms with Gasteiger partial charge in [0.2, 0.25) is 0 Å². The molecule has 0 saturated heterocycles. The van der Waals surface area contributed by atoms with Crippen molar-refractivity contribution in [2.24, 2.45) is 0 Å². The summed E-state index contributed by atoms with van der Waals surface area (Å²) in [5.41, 5.74) is -1.19. The number of nitrogens with zero attached hydrogens (tertiary/aromatic N) is 3. The monoisotopic (exact) mass is 444 g/mol. The maximum atomic E-state index is 12.7. The Morgan fingerprint density at radius 1 is 1.14 bits per heavy atom. The van der Waals surface area contributed by atoms with Crippen LogP contribution in [0.15, 0.2) is 58.5 Å². The smallest absolute Gasteiger partial charge is 0.263 e. The molecule has 1 N–H and O–H groups in total. The second-order valence-corrected chi connectivity index (χ2v) is 8.00. The molecule has 7 nitrogen and oxygen atoms in total. The second kappa shape index (κ2) is 7.48. The van der Waals surface area contributed by atoms with Crippen LogP contribution in [-0.2, 0) is 16.2 Å². The summed E-state index contributed by atoms with van der Waals surface area (Å²) in [5, 5.41) is -0.420. The minimum absolute atomic E-state index is 0.0264. The fourth-order valence-corrected chi connectivity index (χ4v) is 3.56. The van der Waals surface area contributed by atoms with Gasteiger partial charge in [0.05, 0.1) is 15.5 Å². The highest BCUT2D eigenvalue weighted by Gasteiger charge is 2.31. The summed E-state index contributed by atoms with van der Waals surface area (Å²) < 4.78 is 65.8. The predicted octanol–water partition coefficient (Wildman–Crippen LogP) is 3.41. The molecule has 0 amide bonds. The lowest BCUT2D eigenvalue weighted by Gasteiger charge is -2.11. The van der Waals surface area contributed by atoms with Gasteiger partial charge in [-0.3, -0.25) is 9.29 Å². The van der Waals surface area contributed by atoms with E-state index >= 15 is 0 Å². The molecule has 0 atom stereocenters. The number of rotatable bonds is 4. The fourth-order valence-electron chi connectivity index (χ4n) is 2.30. The first-order valence-electron chi connectivity index (χ1n) is 7.90. The quantitative estimate of drug-likeness (QED) is 0.665. The summed E-state index contributed by atoms with van der Waals surface area (Å²) in [5.74, 6) is -0.542. The molecule has 3 aromatic rings. The summed E-state index contributed by atoms with van der Waals surface area (Å²) in [6.45, 7) is 1.80. The van der Waals surface area contributed by atoms with Gasteiger partial charge in [0.15, 0.2) is 5.82 Å². The zero-order chi connectivity index (χ0) is 21.4. The first-order chi connectivity index (χ1) is 13.5. The first-order valence-corrected chi connectivity index (χ1v) is 9.76. The van der Waals surface area contributed by atoms with Crippen LogP contribution in [0.3, 0.4) is 0 Å². The molecule has 29 heavy (non-hydrogen) atoms. The highest BCUT2D eigenvalue weighted by atomic mass is 35.5. The molecular weight excluding hydrogens is 433 g/mol. The Kier molecular flexibility index (Phi) is 5.37. The second-order valence-electron chi connectivity index (χ2n) is 5.91. The van der Waals surface area contributed by atoms with E-state index in [-0.39, 0.29) is 16.5 Å². The number of anilines is 1. The van der Waals surface area contributed by atoms with Crippen LogP contribution in [0, 0.1) is 6.92 Å². The molecule has 1 aromatic carbocycles. The molecule has 0 spiro atoms. The Bertz CT molecular complexity index is 1230. The van der Waals surface area contributed by atoms with E-state index in [1.54, 1.807) is 19.1 Å². The van der Waals surface area contributed by atoms with Gasteiger partial charge in [-0.2, -0.15) is 18.2 Å². The number of hydrogen-bond donors (Lipinski definition) is 1. The Morgan fingerprint density at radius 3 is 2.34 bits per heavy atom. The van der Waals surface area contributed by atoms with Crippen LogP contribution in [0.25, 0.3) is 5.82 Å². The number of aromatic nitrogens is 3. The van der Waals surface area contributed by atoms with Gasteiger partial charge in [-0.05, 0) is 31.2 Å². The highest BCUT2D eigenvalue weighted by molar-refractivity contribution is 7.92. The van der Waals surface area contributed by atoms with Crippen molar-refractivity contribution in [1.29, 1.82) is 0 Å². The number of nitrogens with one attached hydrogen (secondary N) is 1. The number of pyridine rings is 1. The van der Waals surface area contributed by atoms with Crippen molar-refractivity contribution in [1.82, 2.24) is 14.5 Å². The number of aryl methyl sites for hydroxylation is 1. The molecule has 0 aliphatic carbocycles. The minimum Gasteiger partial charge on any atom is -0.263 e. The van der Waals surface area contributed by atoms with Crippen LogP contribution in [0.4, 0.5) is 19.0 Å².